The predicted octanol–water partition coefficient (Wildman–Crippen LogP) is 5.10. The molecule has 0 unspecified atom stereocenters. The molecule has 0 bridgehead atoms. The van der Waals surface area contributed by atoms with Gasteiger partial charge in [0.25, 0.3) is 11.6 Å². The number of nitrogens with one attached hydrogen (secondary N) is 2. The van der Waals surface area contributed by atoms with E-state index in [1.54, 1.807) is 7.11 Å². The normalized spacial score (nSPS) is 10.6. The van der Waals surface area contributed by atoms with E-state index in [2.05, 4.69) is 31.5 Å². The van der Waals surface area contributed by atoms with Crippen molar-refractivity contribution in [2.24, 2.45) is 0 Å². The summed E-state index contributed by atoms with van der Waals surface area (Å²) in [7, 11) is 1.57. The molecule has 3 aromatic rings. The van der Waals surface area contributed by atoms with E-state index < -0.39 is 10.8 Å². The van der Waals surface area contributed by atoms with Crippen LogP contribution < -0.4 is 10.6 Å². The molecular weight excluding hydrogens is 472 g/mol. The summed E-state index contributed by atoms with van der Waals surface area (Å²) in [4.78, 5) is 29.0. The van der Waals surface area contributed by atoms with Gasteiger partial charge in [-0.1, -0.05) is 28.1 Å². The third-order valence-corrected chi connectivity index (χ3v) is 5.63. The van der Waals surface area contributed by atoms with Crippen LogP contribution in [0.25, 0.3) is 11.3 Å². The SMILES string of the molecule is COCCNc1ccc([N+](=O)[O-])cc1C(=O)Nc1nc(-c2ccc(Br)cc2)c(C)s1. The lowest BCUT2D eigenvalue weighted by atomic mass is 10.1. The van der Waals surface area contributed by atoms with Gasteiger partial charge in [0.2, 0.25) is 0 Å². The van der Waals surface area contributed by atoms with E-state index in [1.165, 1.54) is 29.5 Å². The monoisotopic (exact) mass is 490 g/mol. The topological polar surface area (TPSA) is 106 Å². The smallest absolute Gasteiger partial charge is 0.270 e. The quantitative estimate of drug-likeness (QED) is 0.258. The largest absolute Gasteiger partial charge is 0.383 e. The van der Waals surface area contributed by atoms with Crippen LogP contribution in [0.2, 0.25) is 0 Å². The summed E-state index contributed by atoms with van der Waals surface area (Å²) in [5.41, 5.74) is 2.20. The molecule has 3 rings (SSSR count). The maximum Gasteiger partial charge on any atom is 0.270 e. The van der Waals surface area contributed by atoms with E-state index in [1.807, 2.05) is 31.2 Å². The number of rotatable bonds is 8. The minimum absolute atomic E-state index is 0.164. The van der Waals surface area contributed by atoms with Crippen molar-refractivity contribution in [3.05, 3.63) is 67.5 Å². The van der Waals surface area contributed by atoms with Gasteiger partial charge in [-0.15, -0.1) is 11.3 Å². The van der Waals surface area contributed by atoms with Crippen LogP contribution >= 0.6 is 27.3 Å². The standard InChI is InChI=1S/C20H19BrN4O4S/c1-12-18(13-3-5-14(21)6-4-13)23-20(30-12)24-19(26)16-11-15(25(27)28)7-8-17(16)22-9-10-29-2/h3-8,11,22H,9-10H2,1-2H3,(H,23,24,26). The number of halogens is 1. The molecule has 30 heavy (non-hydrogen) atoms. The Hall–Kier alpha value is -2.82. The first-order valence-electron chi connectivity index (χ1n) is 8.95. The Morgan fingerprint density at radius 3 is 2.67 bits per heavy atom. The molecule has 0 atom stereocenters. The van der Waals surface area contributed by atoms with Crippen molar-refractivity contribution in [3.63, 3.8) is 0 Å². The van der Waals surface area contributed by atoms with Crippen LogP contribution in [0.3, 0.4) is 0 Å². The molecule has 0 fully saturated rings. The van der Waals surface area contributed by atoms with Crippen LogP contribution in [-0.4, -0.2) is 36.1 Å². The number of aromatic nitrogens is 1. The fraction of sp³-hybridized carbons (Fsp3) is 0.200. The van der Waals surface area contributed by atoms with Crippen molar-refractivity contribution < 1.29 is 14.5 Å². The second kappa shape index (κ2) is 9.79. The number of aryl methyl sites for hydroxylation is 1. The number of ether oxygens (including phenoxy) is 1. The lowest BCUT2D eigenvalue weighted by Gasteiger charge is -2.11. The molecule has 10 heteroatoms. The number of benzene rings is 2. The van der Waals surface area contributed by atoms with Crippen molar-refractivity contribution >= 4 is 49.7 Å². The number of hydrogen-bond acceptors (Lipinski definition) is 7. The molecule has 0 radical (unpaired) electrons. The van der Waals surface area contributed by atoms with Gasteiger partial charge in [0.1, 0.15) is 0 Å². The average Bonchev–Trinajstić information content (AvgIpc) is 3.08. The molecule has 1 heterocycles. The molecule has 2 N–H and O–H groups in total. The Kier molecular flexibility index (Phi) is 7.14. The van der Waals surface area contributed by atoms with Gasteiger partial charge in [-0.2, -0.15) is 0 Å². The number of amides is 1. The van der Waals surface area contributed by atoms with Crippen molar-refractivity contribution in [3.8, 4) is 11.3 Å². The zero-order valence-electron chi connectivity index (χ0n) is 16.3. The fourth-order valence-corrected chi connectivity index (χ4v) is 3.86. The third kappa shape index (κ3) is 5.21. The number of carbonyl (C=O) groups excluding carboxylic acids is 1. The summed E-state index contributed by atoms with van der Waals surface area (Å²) in [5.74, 6) is -0.477. The first kappa shape index (κ1) is 21.9. The zero-order valence-corrected chi connectivity index (χ0v) is 18.7. The van der Waals surface area contributed by atoms with E-state index in [4.69, 9.17) is 4.74 Å². The van der Waals surface area contributed by atoms with Crippen LogP contribution in [-0.2, 0) is 4.74 Å². The Labute approximate surface area is 185 Å². The first-order chi connectivity index (χ1) is 14.4. The molecule has 1 amide bonds. The van der Waals surface area contributed by atoms with E-state index >= 15 is 0 Å². The minimum atomic E-state index is -0.533. The van der Waals surface area contributed by atoms with Gasteiger partial charge in [0.15, 0.2) is 5.13 Å². The van der Waals surface area contributed by atoms with Crippen molar-refractivity contribution in [2.45, 2.75) is 6.92 Å². The number of thiazole rings is 1. The fourth-order valence-electron chi connectivity index (χ4n) is 2.77. The first-order valence-corrected chi connectivity index (χ1v) is 10.6. The molecule has 0 saturated heterocycles. The van der Waals surface area contributed by atoms with Gasteiger partial charge in [-0.25, -0.2) is 4.98 Å². The highest BCUT2D eigenvalue weighted by Gasteiger charge is 2.19. The second-order valence-electron chi connectivity index (χ2n) is 6.29. The molecule has 0 aliphatic heterocycles. The van der Waals surface area contributed by atoms with Crippen molar-refractivity contribution in [1.29, 1.82) is 0 Å². The lowest BCUT2D eigenvalue weighted by molar-refractivity contribution is -0.384. The second-order valence-corrected chi connectivity index (χ2v) is 8.41. The van der Waals surface area contributed by atoms with Crippen LogP contribution in [0.15, 0.2) is 46.9 Å². The Bertz CT molecular complexity index is 1070. The summed E-state index contributed by atoms with van der Waals surface area (Å²) >= 11 is 4.75. The molecule has 0 aliphatic rings. The molecule has 1 aromatic heterocycles. The summed E-state index contributed by atoms with van der Waals surface area (Å²) in [6, 6.07) is 11.8. The summed E-state index contributed by atoms with van der Waals surface area (Å²) in [6.07, 6.45) is 0. The lowest BCUT2D eigenvalue weighted by Crippen LogP contribution is -2.16. The number of methoxy groups -OCH3 is 1. The summed E-state index contributed by atoms with van der Waals surface area (Å²) in [6.45, 7) is 2.81. The Balaban J connectivity index is 1.86. The Morgan fingerprint density at radius 1 is 1.27 bits per heavy atom. The number of anilines is 2. The van der Waals surface area contributed by atoms with E-state index in [0.29, 0.717) is 24.0 Å². The van der Waals surface area contributed by atoms with Crippen LogP contribution in [0.4, 0.5) is 16.5 Å². The van der Waals surface area contributed by atoms with Gasteiger partial charge >= 0.3 is 0 Å². The van der Waals surface area contributed by atoms with E-state index in [0.717, 1.165) is 20.6 Å². The molecule has 156 valence electrons. The molecule has 8 nitrogen and oxygen atoms in total. The highest BCUT2D eigenvalue weighted by molar-refractivity contribution is 9.10. The zero-order chi connectivity index (χ0) is 21.7. The number of hydrogen-bond donors (Lipinski definition) is 2. The average molecular weight is 491 g/mol. The molecule has 0 saturated carbocycles. The number of non-ortho nitro benzene ring substituents is 1. The van der Waals surface area contributed by atoms with Gasteiger partial charge in [-0.3, -0.25) is 20.2 Å². The van der Waals surface area contributed by atoms with Crippen molar-refractivity contribution in [2.75, 3.05) is 30.9 Å². The van der Waals surface area contributed by atoms with Gasteiger partial charge < -0.3 is 10.1 Å². The van der Waals surface area contributed by atoms with E-state index in [9.17, 15) is 14.9 Å². The van der Waals surface area contributed by atoms with Gasteiger partial charge in [0, 0.05) is 46.4 Å². The maximum absolute atomic E-state index is 12.9. The third-order valence-electron chi connectivity index (χ3n) is 4.21. The molecular formula is C20H19BrN4O4S. The van der Waals surface area contributed by atoms with Crippen LogP contribution in [0, 0.1) is 17.0 Å². The Morgan fingerprint density at radius 2 is 2.00 bits per heavy atom. The molecule has 2 aromatic carbocycles. The van der Waals surface area contributed by atoms with Crippen LogP contribution in [0.5, 0.6) is 0 Å². The maximum atomic E-state index is 12.9. The highest BCUT2D eigenvalue weighted by atomic mass is 79.9. The van der Waals surface area contributed by atoms with Gasteiger partial charge in [0.05, 0.1) is 22.8 Å². The van der Waals surface area contributed by atoms with E-state index in [-0.39, 0.29) is 11.3 Å². The molecule has 0 aliphatic carbocycles. The number of carbonyl (C=O) groups is 1. The predicted molar refractivity (Wildman–Crippen MR) is 121 cm³/mol. The van der Waals surface area contributed by atoms with Crippen LogP contribution in [0.1, 0.15) is 15.2 Å². The molecule has 0 spiro atoms. The van der Waals surface area contributed by atoms with Gasteiger partial charge in [-0.05, 0) is 25.1 Å². The summed E-state index contributed by atoms with van der Waals surface area (Å²) < 4.78 is 5.97. The van der Waals surface area contributed by atoms with Crippen molar-refractivity contribution in [1.82, 2.24) is 4.98 Å². The summed E-state index contributed by atoms with van der Waals surface area (Å²) in [5, 5.41) is 17.4. The highest BCUT2D eigenvalue weighted by Crippen LogP contribution is 2.32. The number of nitro benzene ring substituents is 1. The number of nitrogens with zero attached hydrogens (tertiary/aromatic N) is 2. The number of nitro groups is 1. The minimum Gasteiger partial charge on any atom is -0.383 e.